The van der Waals surface area contributed by atoms with Gasteiger partial charge in [-0.2, -0.15) is 0 Å². The van der Waals surface area contributed by atoms with Crippen LogP contribution in [0.25, 0.3) is 0 Å². The highest BCUT2D eigenvalue weighted by atomic mass is 35.5. The van der Waals surface area contributed by atoms with E-state index in [4.69, 9.17) is 17.3 Å². The molecular formula is C13H13ClN2O3S2. The van der Waals surface area contributed by atoms with Gasteiger partial charge in [0.15, 0.2) is 0 Å². The van der Waals surface area contributed by atoms with Crippen LogP contribution in [0.15, 0.2) is 46.7 Å². The van der Waals surface area contributed by atoms with E-state index in [2.05, 4.69) is 0 Å². The molecule has 0 atom stereocenters. The molecule has 2 N–H and O–H groups in total. The zero-order valence-electron chi connectivity index (χ0n) is 10.9. The zero-order valence-corrected chi connectivity index (χ0v) is 13.3. The van der Waals surface area contributed by atoms with E-state index in [1.54, 1.807) is 30.3 Å². The minimum atomic E-state index is -3.77. The molecule has 21 heavy (non-hydrogen) atoms. The molecule has 0 aliphatic carbocycles. The maximum Gasteiger partial charge on any atom is 0.273 e. The van der Waals surface area contributed by atoms with E-state index in [1.807, 2.05) is 0 Å². The molecule has 0 saturated heterocycles. The molecule has 0 bridgehead atoms. The molecule has 0 saturated carbocycles. The number of hydrogen-bond acceptors (Lipinski definition) is 4. The number of anilines is 1. The number of para-hydroxylation sites is 1. The number of rotatable bonds is 6. The lowest BCUT2D eigenvalue weighted by Gasteiger charge is -2.23. The number of thiophene rings is 1. The number of benzene rings is 1. The van der Waals surface area contributed by atoms with Crippen molar-refractivity contribution < 1.29 is 13.2 Å². The van der Waals surface area contributed by atoms with Gasteiger partial charge < -0.3 is 5.73 Å². The highest BCUT2D eigenvalue weighted by Crippen LogP contribution is 2.30. The van der Waals surface area contributed by atoms with Gasteiger partial charge in [0.2, 0.25) is 5.91 Å². The van der Waals surface area contributed by atoms with Gasteiger partial charge >= 0.3 is 0 Å². The molecule has 5 nitrogen and oxygen atoms in total. The molecule has 1 amide bonds. The Labute approximate surface area is 132 Å². The fraction of sp³-hybridized carbons (Fsp3) is 0.154. The van der Waals surface area contributed by atoms with Crippen molar-refractivity contribution in [3.8, 4) is 0 Å². The smallest absolute Gasteiger partial charge is 0.273 e. The fourth-order valence-electron chi connectivity index (χ4n) is 1.74. The first-order valence-corrected chi connectivity index (χ1v) is 8.66. The normalized spacial score (nSPS) is 11.3. The average Bonchev–Trinajstić information content (AvgIpc) is 2.87. The summed E-state index contributed by atoms with van der Waals surface area (Å²) in [4.78, 5) is 11.0. The minimum absolute atomic E-state index is 0.0167. The van der Waals surface area contributed by atoms with Crippen molar-refractivity contribution >= 4 is 44.6 Å². The molecule has 0 aliphatic heterocycles. The lowest BCUT2D eigenvalue weighted by molar-refractivity contribution is -0.117. The lowest BCUT2D eigenvalue weighted by Crippen LogP contribution is -2.33. The van der Waals surface area contributed by atoms with Crippen LogP contribution in [0, 0.1) is 0 Å². The zero-order chi connectivity index (χ0) is 15.5. The van der Waals surface area contributed by atoms with Crippen LogP contribution in [0.3, 0.4) is 0 Å². The quantitative estimate of drug-likeness (QED) is 0.874. The van der Waals surface area contributed by atoms with Crippen LogP contribution < -0.4 is 10.0 Å². The van der Waals surface area contributed by atoms with Gasteiger partial charge in [0.25, 0.3) is 10.0 Å². The van der Waals surface area contributed by atoms with Crippen molar-refractivity contribution in [1.29, 1.82) is 0 Å². The van der Waals surface area contributed by atoms with Crippen LogP contribution in [-0.4, -0.2) is 20.9 Å². The van der Waals surface area contributed by atoms with Gasteiger partial charge in [-0.25, -0.2) is 8.42 Å². The second-order valence-corrected chi connectivity index (χ2v) is 7.99. The van der Waals surface area contributed by atoms with Crippen molar-refractivity contribution in [3.05, 3.63) is 46.8 Å². The van der Waals surface area contributed by atoms with Crippen molar-refractivity contribution in [2.75, 3.05) is 10.8 Å². The Morgan fingerprint density at radius 1 is 1.19 bits per heavy atom. The summed E-state index contributed by atoms with van der Waals surface area (Å²) in [6, 6.07) is 11.5. The first kappa shape index (κ1) is 15.8. The van der Waals surface area contributed by atoms with Crippen molar-refractivity contribution in [2.24, 2.45) is 5.73 Å². The maximum absolute atomic E-state index is 12.7. The van der Waals surface area contributed by atoms with Gasteiger partial charge in [-0.05, 0) is 24.3 Å². The second kappa shape index (κ2) is 6.46. The van der Waals surface area contributed by atoms with Gasteiger partial charge in [0, 0.05) is 13.0 Å². The van der Waals surface area contributed by atoms with E-state index < -0.39 is 15.9 Å². The van der Waals surface area contributed by atoms with Gasteiger partial charge in [0.05, 0.1) is 10.0 Å². The molecule has 0 radical (unpaired) electrons. The first-order valence-electron chi connectivity index (χ1n) is 6.02. The summed E-state index contributed by atoms with van der Waals surface area (Å²) in [6.07, 6.45) is -0.0623. The van der Waals surface area contributed by atoms with E-state index in [0.29, 0.717) is 10.0 Å². The van der Waals surface area contributed by atoms with Crippen LogP contribution >= 0.6 is 22.9 Å². The third-order valence-electron chi connectivity index (χ3n) is 2.70. The van der Waals surface area contributed by atoms with Crippen molar-refractivity contribution in [2.45, 2.75) is 10.6 Å². The Balaban J connectivity index is 2.41. The molecule has 0 fully saturated rings. The molecule has 1 heterocycles. The monoisotopic (exact) mass is 344 g/mol. The molecule has 2 aromatic rings. The van der Waals surface area contributed by atoms with Crippen molar-refractivity contribution in [1.82, 2.24) is 0 Å². The van der Waals surface area contributed by atoms with Crippen LogP contribution in [0.1, 0.15) is 6.42 Å². The van der Waals surface area contributed by atoms with Gasteiger partial charge in [0.1, 0.15) is 4.21 Å². The number of nitrogens with two attached hydrogens (primary N) is 1. The Hall–Kier alpha value is -1.57. The Bertz CT molecular complexity index is 729. The number of amides is 1. The molecule has 8 heteroatoms. The summed E-state index contributed by atoms with van der Waals surface area (Å²) in [7, 11) is -3.77. The number of primary amides is 1. The summed E-state index contributed by atoms with van der Waals surface area (Å²) in [5.41, 5.74) is 5.60. The van der Waals surface area contributed by atoms with Gasteiger partial charge in [-0.15, -0.1) is 11.3 Å². The highest BCUT2D eigenvalue weighted by molar-refractivity contribution is 7.94. The second-order valence-electron chi connectivity index (χ2n) is 4.19. The van der Waals surface area contributed by atoms with Gasteiger partial charge in [-0.3, -0.25) is 9.10 Å². The van der Waals surface area contributed by atoms with Crippen LogP contribution in [0.5, 0.6) is 0 Å². The molecule has 1 aromatic heterocycles. The van der Waals surface area contributed by atoms with Crippen LogP contribution in [-0.2, 0) is 14.8 Å². The summed E-state index contributed by atoms with van der Waals surface area (Å²) in [5, 5.41) is 0. The van der Waals surface area contributed by atoms with E-state index in [1.165, 1.54) is 16.4 Å². The number of nitrogens with zero attached hydrogens (tertiary/aromatic N) is 1. The maximum atomic E-state index is 12.7. The Morgan fingerprint density at radius 2 is 1.86 bits per heavy atom. The van der Waals surface area contributed by atoms with E-state index in [9.17, 15) is 13.2 Å². The lowest BCUT2D eigenvalue weighted by atomic mass is 10.3. The molecule has 0 spiro atoms. The number of hydrogen-bond donors (Lipinski definition) is 1. The molecule has 2 rings (SSSR count). The summed E-state index contributed by atoms with van der Waals surface area (Å²) in [5.74, 6) is -0.560. The van der Waals surface area contributed by atoms with E-state index >= 15 is 0 Å². The molecule has 0 unspecified atom stereocenters. The largest absolute Gasteiger partial charge is 0.370 e. The average molecular weight is 345 g/mol. The topological polar surface area (TPSA) is 80.5 Å². The van der Waals surface area contributed by atoms with E-state index in [-0.39, 0.29) is 17.2 Å². The third-order valence-corrected chi connectivity index (χ3v) is 6.22. The first-order chi connectivity index (χ1) is 9.91. The molecule has 112 valence electrons. The number of halogens is 1. The summed E-state index contributed by atoms with van der Waals surface area (Å²) >= 11 is 6.78. The Kier molecular flexibility index (Phi) is 4.87. The molecular weight excluding hydrogens is 332 g/mol. The third kappa shape index (κ3) is 3.75. The predicted molar refractivity (Wildman–Crippen MR) is 84.1 cm³/mol. The van der Waals surface area contributed by atoms with E-state index in [0.717, 1.165) is 11.3 Å². The SMILES string of the molecule is NC(=O)CCN(c1ccccc1)S(=O)(=O)c1ccc(Cl)s1. The van der Waals surface area contributed by atoms with Crippen molar-refractivity contribution in [3.63, 3.8) is 0 Å². The number of carbonyl (C=O) groups is 1. The van der Waals surface area contributed by atoms with Crippen LogP contribution in [0.2, 0.25) is 4.34 Å². The fourth-order valence-corrected chi connectivity index (χ4v) is 4.80. The number of carbonyl (C=O) groups excluding carboxylic acids is 1. The number of sulfonamides is 1. The molecule has 0 aliphatic rings. The van der Waals surface area contributed by atoms with Crippen LogP contribution in [0.4, 0.5) is 5.69 Å². The summed E-state index contributed by atoms with van der Waals surface area (Å²) in [6.45, 7) is -0.0167. The summed E-state index contributed by atoms with van der Waals surface area (Å²) < 4.78 is 27.0. The Morgan fingerprint density at radius 3 is 2.38 bits per heavy atom. The predicted octanol–water partition coefficient (Wildman–Crippen LogP) is 2.47. The molecule has 1 aromatic carbocycles. The standard InChI is InChI=1S/C13H13ClN2O3S2/c14-11-6-7-13(20-11)21(18,19)16(9-8-12(15)17)10-4-2-1-3-5-10/h1-7H,8-9H2,(H2,15,17). The highest BCUT2D eigenvalue weighted by Gasteiger charge is 2.26. The minimum Gasteiger partial charge on any atom is -0.370 e. The van der Waals surface area contributed by atoms with Gasteiger partial charge in [-0.1, -0.05) is 29.8 Å².